The van der Waals surface area contributed by atoms with Crippen LogP contribution in [0.2, 0.25) is 0 Å². The molecule has 2 aromatic rings. The SMILES string of the molecule is CCc1cc(-c2ccc(F)c(F)c2)ccc1C1=C(O)C(C)(C)OC(C)(C)C1=O. The van der Waals surface area contributed by atoms with Gasteiger partial charge in [0.25, 0.3) is 0 Å². The molecule has 0 spiro atoms. The summed E-state index contributed by atoms with van der Waals surface area (Å²) >= 11 is 0. The summed E-state index contributed by atoms with van der Waals surface area (Å²) in [6, 6.07) is 9.07. The van der Waals surface area contributed by atoms with Crippen LogP contribution in [0.1, 0.15) is 45.7 Å². The number of aryl methyl sites for hydroxylation is 1. The first-order chi connectivity index (χ1) is 13.0. The number of rotatable bonds is 3. The van der Waals surface area contributed by atoms with Crippen molar-refractivity contribution in [2.45, 2.75) is 52.2 Å². The molecule has 0 bridgehead atoms. The summed E-state index contributed by atoms with van der Waals surface area (Å²) in [5.41, 5.74) is 0.863. The van der Waals surface area contributed by atoms with Crippen LogP contribution in [0.3, 0.4) is 0 Å². The third kappa shape index (κ3) is 3.35. The van der Waals surface area contributed by atoms with E-state index in [0.717, 1.165) is 17.7 Å². The molecule has 0 fully saturated rings. The van der Waals surface area contributed by atoms with Crippen LogP contribution in [-0.2, 0) is 16.0 Å². The zero-order valence-corrected chi connectivity index (χ0v) is 16.7. The Morgan fingerprint density at radius 3 is 2.14 bits per heavy atom. The summed E-state index contributed by atoms with van der Waals surface area (Å²) < 4.78 is 32.7. The molecule has 3 nitrogen and oxygen atoms in total. The monoisotopic (exact) mass is 386 g/mol. The summed E-state index contributed by atoms with van der Waals surface area (Å²) in [7, 11) is 0. The maximum atomic E-state index is 13.6. The highest BCUT2D eigenvalue weighted by atomic mass is 19.2. The van der Waals surface area contributed by atoms with E-state index in [2.05, 4.69) is 0 Å². The molecule has 0 amide bonds. The number of halogens is 2. The standard InChI is InChI=1S/C23H24F2O3/c1-6-13-11-14(15-8-10-17(24)18(25)12-15)7-9-16(13)19-20(26)22(2,3)28-23(4,5)21(19)27/h7-12,26H,6H2,1-5H3. The molecule has 0 atom stereocenters. The molecular weight excluding hydrogens is 362 g/mol. The molecule has 0 saturated heterocycles. The molecule has 0 saturated carbocycles. The highest BCUT2D eigenvalue weighted by Crippen LogP contribution is 2.41. The van der Waals surface area contributed by atoms with Gasteiger partial charge in [0, 0.05) is 0 Å². The predicted octanol–water partition coefficient (Wildman–Crippen LogP) is 5.62. The molecule has 1 N–H and O–H groups in total. The second kappa shape index (κ2) is 6.82. The van der Waals surface area contributed by atoms with E-state index in [1.165, 1.54) is 6.07 Å². The third-order valence-corrected chi connectivity index (χ3v) is 5.10. The minimum atomic E-state index is -1.07. The van der Waals surface area contributed by atoms with E-state index in [0.29, 0.717) is 23.1 Å². The Hall–Kier alpha value is -2.53. The van der Waals surface area contributed by atoms with Gasteiger partial charge >= 0.3 is 0 Å². The Labute approximate surface area is 163 Å². The van der Waals surface area contributed by atoms with E-state index in [-0.39, 0.29) is 17.1 Å². The number of carbonyl (C=O) groups is 1. The van der Waals surface area contributed by atoms with Gasteiger partial charge in [0.1, 0.15) is 17.0 Å². The second-order valence-electron chi connectivity index (χ2n) is 8.03. The fourth-order valence-corrected chi connectivity index (χ4v) is 3.68. The van der Waals surface area contributed by atoms with Gasteiger partial charge in [-0.05, 0) is 68.5 Å². The average Bonchev–Trinajstić information content (AvgIpc) is 2.62. The molecule has 0 aliphatic carbocycles. The molecule has 0 unspecified atom stereocenters. The highest BCUT2D eigenvalue weighted by Gasteiger charge is 2.47. The van der Waals surface area contributed by atoms with Gasteiger partial charge in [-0.2, -0.15) is 0 Å². The summed E-state index contributed by atoms with van der Waals surface area (Å²) in [5, 5.41) is 10.8. The van der Waals surface area contributed by atoms with Crippen molar-refractivity contribution in [3.63, 3.8) is 0 Å². The first kappa shape index (κ1) is 20.2. The Morgan fingerprint density at radius 2 is 1.54 bits per heavy atom. The van der Waals surface area contributed by atoms with Crippen molar-refractivity contribution >= 4 is 11.4 Å². The van der Waals surface area contributed by atoms with Gasteiger partial charge in [-0.1, -0.05) is 31.2 Å². The number of carbonyl (C=O) groups excluding carboxylic acids is 1. The summed E-state index contributed by atoms with van der Waals surface area (Å²) in [4.78, 5) is 13.0. The minimum Gasteiger partial charge on any atom is -0.508 e. The number of aliphatic hydroxyl groups excluding tert-OH is 1. The highest BCUT2D eigenvalue weighted by molar-refractivity contribution is 6.26. The first-order valence-corrected chi connectivity index (χ1v) is 9.25. The first-order valence-electron chi connectivity index (χ1n) is 9.25. The van der Waals surface area contributed by atoms with Gasteiger partial charge in [-0.25, -0.2) is 8.78 Å². The number of hydrogen-bond donors (Lipinski definition) is 1. The van der Waals surface area contributed by atoms with E-state index >= 15 is 0 Å². The Balaban J connectivity index is 2.17. The lowest BCUT2D eigenvalue weighted by molar-refractivity contribution is -0.158. The fourth-order valence-electron chi connectivity index (χ4n) is 3.68. The third-order valence-electron chi connectivity index (χ3n) is 5.10. The minimum absolute atomic E-state index is 0.105. The normalized spacial score (nSPS) is 18.5. The number of Topliss-reactive ketones (excluding diaryl/α,β-unsaturated/α-hetero) is 1. The molecule has 1 heterocycles. The van der Waals surface area contributed by atoms with Crippen LogP contribution >= 0.6 is 0 Å². The summed E-state index contributed by atoms with van der Waals surface area (Å²) in [5.74, 6) is -2.21. The van der Waals surface area contributed by atoms with Crippen molar-refractivity contribution in [3.8, 4) is 11.1 Å². The van der Waals surface area contributed by atoms with Crippen LogP contribution in [0.15, 0.2) is 42.2 Å². The number of ketones is 1. The van der Waals surface area contributed by atoms with Crippen molar-refractivity contribution in [2.75, 3.05) is 0 Å². The molecular formula is C23H24F2O3. The van der Waals surface area contributed by atoms with Crippen molar-refractivity contribution < 1.29 is 23.4 Å². The van der Waals surface area contributed by atoms with Crippen LogP contribution in [0.4, 0.5) is 8.78 Å². The van der Waals surface area contributed by atoms with Gasteiger partial charge in [0.2, 0.25) is 0 Å². The van der Waals surface area contributed by atoms with Gasteiger partial charge < -0.3 is 9.84 Å². The molecule has 0 radical (unpaired) electrons. The van der Waals surface area contributed by atoms with E-state index in [4.69, 9.17) is 4.74 Å². The maximum Gasteiger partial charge on any atom is 0.198 e. The van der Waals surface area contributed by atoms with Gasteiger partial charge in [-0.15, -0.1) is 0 Å². The lowest BCUT2D eigenvalue weighted by Crippen LogP contribution is -2.49. The van der Waals surface area contributed by atoms with Crippen LogP contribution in [0.25, 0.3) is 16.7 Å². The molecule has 0 aromatic heterocycles. The molecule has 2 aromatic carbocycles. The van der Waals surface area contributed by atoms with E-state index < -0.39 is 22.8 Å². The Kier molecular flexibility index (Phi) is 4.92. The van der Waals surface area contributed by atoms with Crippen molar-refractivity contribution in [1.29, 1.82) is 0 Å². The number of ether oxygens (including phenoxy) is 1. The Morgan fingerprint density at radius 1 is 0.929 bits per heavy atom. The largest absolute Gasteiger partial charge is 0.508 e. The zero-order valence-electron chi connectivity index (χ0n) is 16.7. The van der Waals surface area contributed by atoms with Gasteiger partial charge in [0.05, 0.1) is 5.57 Å². The second-order valence-corrected chi connectivity index (χ2v) is 8.03. The lowest BCUT2D eigenvalue weighted by atomic mass is 9.81. The quantitative estimate of drug-likeness (QED) is 0.745. The number of hydrogen-bond acceptors (Lipinski definition) is 3. The number of benzene rings is 2. The van der Waals surface area contributed by atoms with E-state index in [1.54, 1.807) is 39.8 Å². The summed E-state index contributed by atoms with van der Waals surface area (Å²) in [6.45, 7) is 8.75. The van der Waals surface area contributed by atoms with Crippen LogP contribution in [0, 0.1) is 11.6 Å². The molecule has 3 rings (SSSR count). The van der Waals surface area contributed by atoms with Crippen LogP contribution in [0.5, 0.6) is 0 Å². The van der Waals surface area contributed by atoms with Crippen LogP contribution in [-0.4, -0.2) is 22.1 Å². The topological polar surface area (TPSA) is 46.5 Å². The summed E-state index contributed by atoms with van der Waals surface area (Å²) in [6.07, 6.45) is 0.596. The maximum absolute atomic E-state index is 13.6. The lowest BCUT2D eigenvalue weighted by Gasteiger charge is -2.40. The predicted molar refractivity (Wildman–Crippen MR) is 105 cm³/mol. The molecule has 28 heavy (non-hydrogen) atoms. The van der Waals surface area contributed by atoms with Crippen molar-refractivity contribution in [2.24, 2.45) is 0 Å². The average molecular weight is 386 g/mol. The molecule has 1 aliphatic rings. The molecule has 148 valence electrons. The number of aliphatic hydroxyl groups is 1. The Bertz CT molecular complexity index is 987. The zero-order chi connectivity index (χ0) is 20.9. The fraction of sp³-hybridized carbons (Fsp3) is 0.348. The van der Waals surface area contributed by atoms with E-state index in [1.807, 2.05) is 13.0 Å². The van der Waals surface area contributed by atoms with Crippen molar-refractivity contribution in [3.05, 3.63) is 64.9 Å². The molecule has 5 heteroatoms. The van der Waals surface area contributed by atoms with Gasteiger partial charge in [0.15, 0.2) is 17.4 Å². The smallest absolute Gasteiger partial charge is 0.198 e. The van der Waals surface area contributed by atoms with Crippen LogP contribution < -0.4 is 0 Å². The van der Waals surface area contributed by atoms with E-state index in [9.17, 15) is 18.7 Å². The van der Waals surface area contributed by atoms with Crippen molar-refractivity contribution in [1.82, 2.24) is 0 Å². The van der Waals surface area contributed by atoms with Gasteiger partial charge in [-0.3, -0.25) is 4.79 Å². The molecule has 1 aliphatic heterocycles.